The molecule has 0 spiro atoms. The van der Waals surface area contributed by atoms with E-state index in [1.165, 1.54) is 6.07 Å². The normalized spacial score (nSPS) is 11.8. The zero-order valence-corrected chi connectivity index (χ0v) is 9.74. The third kappa shape index (κ3) is 2.46. The first kappa shape index (κ1) is 11.0. The summed E-state index contributed by atoms with van der Waals surface area (Å²) in [7, 11) is 0. The van der Waals surface area contributed by atoms with Crippen LogP contribution in [0.1, 0.15) is 5.69 Å². The van der Waals surface area contributed by atoms with Crippen LogP contribution in [0.4, 0.5) is 19.0 Å². The number of nitrogens with zero attached hydrogens (tertiary/aromatic N) is 1. The van der Waals surface area contributed by atoms with Crippen LogP contribution >= 0.6 is 38.5 Å². The molecule has 0 aliphatic carbocycles. The monoisotopic (exact) mass is 366 g/mol. The van der Waals surface area contributed by atoms with Gasteiger partial charge in [-0.05, 0) is 44.6 Å². The number of aromatic nitrogens is 1. The molecular weight excluding hydrogens is 364 g/mol. The second-order valence-electron chi connectivity index (χ2n) is 2.19. The van der Waals surface area contributed by atoms with Gasteiger partial charge in [-0.1, -0.05) is 0 Å². The van der Waals surface area contributed by atoms with E-state index in [9.17, 15) is 13.2 Å². The van der Waals surface area contributed by atoms with Crippen molar-refractivity contribution in [3.63, 3.8) is 0 Å². The number of rotatable bonds is 0. The minimum Gasteiger partial charge on any atom is -0.384 e. The molecule has 0 fully saturated rings. The van der Waals surface area contributed by atoms with Crippen molar-refractivity contribution in [2.45, 2.75) is 6.18 Å². The Morgan fingerprint density at radius 1 is 1.46 bits per heavy atom. The van der Waals surface area contributed by atoms with E-state index in [1.807, 2.05) is 0 Å². The molecule has 13 heavy (non-hydrogen) atoms. The smallest absolute Gasteiger partial charge is 0.384 e. The molecule has 1 aromatic heterocycles. The van der Waals surface area contributed by atoms with Crippen LogP contribution in [0.15, 0.2) is 10.5 Å². The Balaban J connectivity index is 3.37. The van der Waals surface area contributed by atoms with Gasteiger partial charge in [-0.15, -0.1) is 0 Å². The highest BCUT2D eigenvalue weighted by atomic mass is 127. The van der Waals surface area contributed by atoms with Gasteiger partial charge in [0.1, 0.15) is 5.82 Å². The van der Waals surface area contributed by atoms with Crippen molar-refractivity contribution >= 4 is 44.3 Å². The Morgan fingerprint density at radius 2 is 2.00 bits per heavy atom. The number of hydrogen-bond donors (Lipinski definition) is 1. The highest BCUT2D eigenvalue weighted by Crippen LogP contribution is 2.36. The lowest BCUT2D eigenvalue weighted by molar-refractivity contribution is -0.141. The van der Waals surface area contributed by atoms with Gasteiger partial charge in [0.15, 0.2) is 5.69 Å². The predicted octanol–water partition coefficient (Wildman–Crippen LogP) is 3.05. The van der Waals surface area contributed by atoms with Gasteiger partial charge < -0.3 is 5.73 Å². The zero-order chi connectivity index (χ0) is 10.2. The SMILES string of the molecule is Nc1cc(I)c(Br)c(C(F)(F)F)n1. The molecule has 7 heteroatoms. The van der Waals surface area contributed by atoms with E-state index in [0.29, 0.717) is 3.57 Å². The Bertz CT molecular complexity index is 339. The summed E-state index contributed by atoms with van der Waals surface area (Å²) in [6, 6.07) is 1.36. The van der Waals surface area contributed by atoms with Crippen molar-refractivity contribution < 1.29 is 13.2 Å². The average Bonchev–Trinajstić information content (AvgIpc) is 1.94. The second-order valence-corrected chi connectivity index (χ2v) is 4.14. The molecule has 1 heterocycles. The second kappa shape index (κ2) is 3.60. The van der Waals surface area contributed by atoms with Crippen molar-refractivity contribution in [1.82, 2.24) is 4.98 Å². The molecule has 72 valence electrons. The van der Waals surface area contributed by atoms with Crippen LogP contribution in [0.2, 0.25) is 0 Å². The summed E-state index contributed by atoms with van der Waals surface area (Å²) in [6.07, 6.45) is -4.48. The van der Waals surface area contributed by atoms with Crippen molar-refractivity contribution in [2.24, 2.45) is 0 Å². The largest absolute Gasteiger partial charge is 0.434 e. The summed E-state index contributed by atoms with van der Waals surface area (Å²) >= 11 is 4.55. The molecule has 0 radical (unpaired) electrons. The summed E-state index contributed by atoms with van der Waals surface area (Å²) in [6.45, 7) is 0. The number of halogens is 5. The number of hydrogen-bond acceptors (Lipinski definition) is 2. The third-order valence-electron chi connectivity index (χ3n) is 1.20. The Hall–Kier alpha value is -0.0500. The van der Waals surface area contributed by atoms with E-state index < -0.39 is 11.9 Å². The first-order chi connectivity index (χ1) is 5.82. The van der Waals surface area contributed by atoms with Gasteiger partial charge in [0.25, 0.3) is 0 Å². The lowest BCUT2D eigenvalue weighted by Crippen LogP contribution is -2.11. The Labute approximate surface area is 94.0 Å². The molecule has 0 saturated carbocycles. The molecule has 0 aliphatic rings. The van der Waals surface area contributed by atoms with E-state index in [4.69, 9.17) is 5.73 Å². The Kier molecular flexibility index (Phi) is 3.05. The molecule has 0 bridgehead atoms. The molecule has 2 nitrogen and oxygen atoms in total. The number of alkyl halides is 3. The molecule has 0 aliphatic heterocycles. The maximum atomic E-state index is 12.3. The summed E-state index contributed by atoms with van der Waals surface area (Å²) < 4.78 is 37.1. The van der Waals surface area contributed by atoms with Crippen LogP contribution < -0.4 is 5.73 Å². The van der Waals surface area contributed by atoms with Gasteiger partial charge in [-0.2, -0.15) is 13.2 Å². The molecule has 1 rings (SSSR count). The predicted molar refractivity (Wildman–Crippen MR) is 54.1 cm³/mol. The lowest BCUT2D eigenvalue weighted by Gasteiger charge is -2.09. The van der Waals surface area contributed by atoms with Gasteiger partial charge >= 0.3 is 6.18 Å². The van der Waals surface area contributed by atoms with Crippen molar-refractivity contribution in [3.05, 3.63) is 19.8 Å². The van der Waals surface area contributed by atoms with E-state index in [2.05, 4.69) is 20.9 Å². The fourth-order valence-electron chi connectivity index (χ4n) is 0.705. The summed E-state index contributed by atoms with van der Waals surface area (Å²) in [5, 5.41) is 0. The van der Waals surface area contributed by atoms with Crippen molar-refractivity contribution in [1.29, 1.82) is 0 Å². The van der Waals surface area contributed by atoms with Gasteiger partial charge in [0.05, 0.1) is 4.47 Å². The first-order valence-electron chi connectivity index (χ1n) is 3.01. The molecule has 0 unspecified atom stereocenters. The van der Waals surface area contributed by atoms with Crippen LogP contribution in [0.3, 0.4) is 0 Å². The van der Waals surface area contributed by atoms with Crippen LogP contribution in [-0.4, -0.2) is 4.98 Å². The molecule has 0 aromatic carbocycles. The Morgan fingerprint density at radius 3 is 2.46 bits per heavy atom. The summed E-state index contributed by atoms with van der Waals surface area (Å²) in [5.74, 6) is -0.139. The maximum absolute atomic E-state index is 12.3. The third-order valence-corrected chi connectivity index (χ3v) is 3.60. The van der Waals surface area contributed by atoms with Crippen LogP contribution in [0, 0.1) is 3.57 Å². The molecular formula is C6H3BrF3IN2. The van der Waals surface area contributed by atoms with Crippen LogP contribution in [0.5, 0.6) is 0 Å². The summed E-state index contributed by atoms with van der Waals surface area (Å²) in [5.41, 5.74) is 4.20. The first-order valence-corrected chi connectivity index (χ1v) is 4.88. The van der Waals surface area contributed by atoms with Crippen molar-refractivity contribution in [2.75, 3.05) is 5.73 Å². The van der Waals surface area contributed by atoms with E-state index in [-0.39, 0.29) is 10.3 Å². The minimum absolute atomic E-state index is 0.0743. The van der Waals surface area contributed by atoms with Gasteiger partial charge in [0, 0.05) is 3.57 Å². The minimum atomic E-state index is -4.48. The number of nitrogen functional groups attached to an aromatic ring is 1. The van der Waals surface area contributed by atoms with Gasteiger partial charge in [-0.25, -0.2) is 4.98 Å². The van der Waals surface area contributed by atoms with Crippen LogP contribution in [0.25, 0.3) is 0 Å². The molecule has 1 aromatic rings. The van der Waals surface area contributed by atoms with Gasteiger partial charge in [0.2, 0.25) is 0 Å². The molecule has 2 N–H and O–H groups in total. The number of pyridine rings is 1. The van der Waals surface area contributed by atoms with E-state index in [1.54, 1.807) is 22.6 Å². The average molecular weight is 367 g/mol. The number of nitrogens with two attached hydrogens (primary N) is 1. The highest BCUT2D eigenvalue weighted by Gasteiger charge is 2.36. The van der Waals surface area contributed by atoms with E-state index >= 15 is 0 Å². The summed E-state index contributed by atoms with van der Waals surface area (Å²) in [4.78, 5) is 3.21. The quantitative estimate of drug-likeness (QED) is 0.717. The topological polar surface area (TPSA) is 38.9 Å². The van der Waals surface area contributed by atoms with Crippen molar-refractivity contribution in [3.8, 4) is 0 Å². The maximum Gasteiger partial charge on any atom is 0.434 e. The van der Waals surface area contributed by atoms with Crippen LogP contribution in [-0.2, 0) is 6.18 Å². The molecule has 0 amide bonds. The fraction of sp³-hybridized carbons (Fsp3) is 0.167. The highest BCUT2D eigenvalue weighted by molar-refractivity contribution is 14.1. The van der Waals surface area contributed by atoms with E-state index in [0.717, 1.165) is 0 Å². The molecule has 0 saturated heterocycles. The standard InChI is InChI=1S/C6H3BrF3IN2/c7-4-2(11)1-3(12)13-5(4)6(8,9)10/h1H,(H2,12,13). The lowest BCUT2D eigenvalue weighted by atomic mass is 10.3. The fourth-order valence-corrected chi connectivity index (χ4v) is 1.71. The van der Waals surface area contributed by atoms with Gasteiger partial charge in [-0.3, -0.25) is 0 Å². The zero-order valence-electron chi connectivity index (χ0n) is 5.99. The molecule has 0 atom stereocenters. The number of anilines is 1.